The van der Waals surface area contributed by atoms with Gasteiger partial charge < -0.3 is 9.22 Å². The average Bonchev–Trinajstić information content (AvgIpc) is 2.13. The largest absolute Gasteiger partial charge is 0.459 e. The molecule has 0 aromatic rings. The summed E-state index contributed by atoms with van der Waals surface area (Å²) >= 11 is 0. The number of carbonyl (C=O) groups is 1. The Balaban J connectivity index is 3.95. The Morgan fingerprint density at radius 1 is 1.12 bits per heavy atom. The normalized spacial score (nSPS) is 14.2. The van der Waals surface area contributed by atoms with E-state index < -0.39 is 0 Å². The highest BCUT2D eigenvalue weighted by Gasteiger charge is 2.21. The maximum atomic E-state index is 11.7. The minimum atomic E-state index is -0.0652. The molecule has 0 aromatic heterocycles. The van der Waals surface area contributed by atoms with Crippen molar-refractivity contribution in [1.29, 1.82) is 0 Å². The topological polar surface area (TPSA) is 26.3 Å². The van der Waals surface area contributed by atoms with Crippen LogP contribution in [0.4, 0.5) is 0 Å². The zero-order valence-electron chi connectivity index (χ0n) is 12.6. The van der Waals surface area contributed by atoms with Gasteiger partial charge in [0.1, 0.15) is 13.2 Å². The van der Waals surface area contributed by atoms with Gasteiger partial charge in [0.2, 0.25) is 0 Å². The summed E-state index contributed by atoms with van der Waals surface area (Å²) in [5, 5.41) is 0. The van der Waals surface area contributed by atoms with Gasteiger partial charge in [-0.3, -0.25) is 4.79 Å². The van der Waals surface area contributed by atoms with E-state index in [0.29, 0.717) is 18.4 Å². The first-order chi connectivity index (χ1) is 7.65. The molecule has 0 N–H and O–H groups in total. The number of ether oxygens (including phenoxy) is 1. The van der Waals surface area contributed by atoms with Crippen LogP contribution in [0.25, 0.3) is 0 Å². The van der Waals surface area contributed by atoms with Gasteiger partial charge in [-0.2, -0.15) is 0 Å². The molecule has 1 unspecified atom stereocenters. The van der Waals surface area contributed by atoms with Crippen molar-refractivity contribution in [2.24, 2.45) is 17.8 Å². The fraction of sp³-hybridized carbons (Fsp3) is 0.929. The first-order valence-corrected chi connectivity index (χ1v) is 6.64. The number of rotatable bonds is 7. The van der Waals surface area contributed by atoms with Crippen LogP contribution >= 0.6 is 0 Å². The Bertz CT molecular complexity index is 234. The van der Waals surface area contributed by atoms with Crippen LogP contribution in [0.3, 0.4) is 0 Å². The van der Waals surface area contributed by atoms with Crippen LogP contribution in [-0.4, -0.2) is 44.2 Å². The van der Waals surface area contributed by atoms with Crippen molar-refractivity contribution in [3.63, 3.8) is 0 Å². The number of esters is 1. The second-order valence-corrected chi connectivity index (χ2v) is 6.44. The van der Waals surface area contributed by atoms with E-state index in [1.807, 2.05) is 20.8 Å². The molecule has 0 heterocycles. The molecule has 0 fully saturated rings. The van der Waals surface area contributed by atoms with Crippen molar-refractivity contribution < 1.29 is 14.0 Å². The molecule has 3 heteroatoms. The van der Waals surface area contributed by atoms with E-state index in [2.05, 4.69) is 27.9 Å². The van der Waals surface area contributed by atoms with Crippen molar-refractivity contribution in [2.75, 3.05) is 33.8 Å². The summed E-state index contributed by atoms with van der Waals surface area (Å²) in [5.74, 6) is 0.941. The van der Waals surface area contributed by atoms with E-state index in [-0.39, 0.29) is 11.9 Å². The summed E-state index contributed by atoms with van der Waals surface area (Å²) in [7, 11) is 4.36. The molecular weight excluding hydrogens is 214 g/mol. The van der Waals surface area contributed by atoms with Crippen LogP contribution in [0.1, 0.15) is 34.6 Å². The van der Waals surface area contributed by atoms with Crippen LogP contribution in [0.15, 0.2) is 0 Å². The number of nitrogens with zero attached hydrogens (tertiary/aromatic N) is 1. The Hall–Kier alpha value is -0.570. The third-order valence-electron chi connectivity index (χ3n) is 3.17. The van der Waals surface area contributed by atoms with Gasteiger partial charge in [0, 0.05) is 5.92 Å². The quantitative estimate of drug-likeness (QED) is 0.508. The van der Waals surface area contributed by atoms with Crippen molar-refractivity contribution in [3.05, 3.63) is 0 Å². The highest BCUT2D eigenvalue weighted by atomic mass is 16.5. The molecule has 0 bridgehead atoms. The lowest BCUT2D eigenvalue weighted by Gasteiger charge is -2.31. The zero-order valence-corrected chi connectivity index (χ0v) is 12.6. The Morgan fingerprint density at radius 3 is 2.06 bits per heavy atom. The van der Waals surface area contributed by atoms with Crippen LogP contribution in [0.2, 0.25) is 0 Å². The zero-order chi connectivity index (χ0) is 13.6. The molecule has 102 valence electrons. The monoisotopic (exact) mass is 244 g/mol. The summed E-state index contributed by atoms with van der Waals surface area (Å²) in [6.45, 7) is 13.0. The summed E-state index contributed by atoms with van der Waals surface area (Å²) in [6.07, 6.45) is 0. The molecule has 1 atom stereocenters. The molecule has 17 heavy (non-hydrogen) atoms. The summed E-state index contributed by atoms with van der Waals surface area (Å²) < 4.78 is 6.23. The molecule has 0 aliphatic carbocycles. The van der Waals surface area contributed by atoms with Gasteiger partial charge in [-0.15, -0.1) is 0 Å². The molecule has 0 saturated heterocycles. The lowest BCUT2D eigenvalue weighted by molar-refractivity contribution is -0.893. The Morgan fingerprint density at radius 2 is 1.65 bits per heavy atom. The molecule has 3 nitrogen and oxygen atoms in total. The van der Waals surface area contributed by atoms with Gasteiger partial charge in [0.25, 0.3) is 0 Å². The van der Waals surface area contributed by atoms with Crippen molar-refractivity contribution in [1.82, 2.24) is 0 Å². The number of quaternary nitrogens is 1. The third kappa shape index (κ3) is 7.37. The maximum Gasteiger partial charge on any atom is 0.309 e. The number of hydrogen-bond donors (Lipinski definition) is 0. The van der Waals surface area contributed by atoms with E-state index in [1.165, 1.54) is 0 Å². The molecule has 0 aromatic carbocycles. The van der Waals surface area contributed by atoms with Gasteiger partial charge in [0.15, 0.2) is 0 Å². The highest BCUT2D eigenvalue weighted by molar-refractivity contribution is 5.72. The van der Waals surface area contributed by atoms with Gasteiger partial charge >= 0.3 is 5.97 Å². The van der Waals surface area contributed by atoms with Crippen molar-refractivity contribution >= 4 is 5.97 Å². The first kappa shape index (κ1) is 16.4. The summed E-state index contributed by atoms with van der Waals surface area (Å²) in [4.78, 5) is 11.7. The standard InChI is InChI=1S/C14H30NO2/c1-11(2)10-15(6,7)8-9-17-14(16)13(5)12(3)4/h11-13H,8-10H2,1-7H3/q+1. The molecule has 0 radical (unpaired) electrons. The Labute approximate surface area is 107 Å². The fourth-order valence-electron chi connectivity index (χ4n) is 1.88. The van der Waals surface area contributed by atoms with Crippen LogP contribution in [-0.2, 0) is 9.53 Å². The smallest absolute Gasteiger partial charge is 0.309 e. The van der Waals surface area contributed by atoms with Gasteiger partial charge in [0.05, 0.1) is 26.6 Å². The predicted molar refractivity (Wildman–Crippen MR) is 71.6 cm³/mol. The average molecular weight is 244 g/mol. The number of likely N-dealkylation sites (N-methyl/N-ethyl adjacent to an activating group) is 1. The predicted octanol–water partition coefficient (Wildman–Crippen LogP) is 2.55. The molecule has 0 rings (SSSR count). The van der Waals surface area contributed by atoms with Crippen LogP contribution in [0, 0.1) is 17.8 Å². The lowest BCUT2D eigenvalue weighted by atomic mass is 9.99. The van der Waals surface area contributed by atoms with Gasteiger partial charge in [-0.25, -0.2) is 0 Å². The second-order valence-electron chi connectivity index (χ2n) is 6.44. The molecular formula is C14H30NO2+. The number of carbonyl (C=O) groups excluding carboxylic acids is 1. The molecule has 0 aliphatic rings. The van der Waals surface area contributed by atoms with Crippen molar-refractivity contribution in [3.8, 4) is 0 Å². The number of hydrogen-bond acceptors (Lipinski definition) is 2. The highest BCUT2D eigenvalue weighted by Crippen LogP contribution is 2.11. The third-order valence-corrected chi connectivity index (χ3v) is 3.17. The second kappa shape index (κ2) is 7.00. The Kier molecular flexibility index (Phi) is 6.76. The van der Waals surface area contributed by atoms with Crippen molar-refractivity contribution in [2.45, 2.75) is 34.6 Å². The first-order valence-electron chi connectivity index (χ1n) is 6.64. The molecule has 0 amide bonds. The van der Waals surface area contributed by atoms with Gasteiger partial charge in [-0.1, -0.05) is 34.6 Å². The van der Waals surface area contributed by atoms with E-state index in [9.17, 15) is 4.79 Å². The van der Waals surface area contributed by atoms with Gasteiger partial charge in [-0.05, 0) is 5.92 Å². The lowest BCUT2D eigenvalue weighted by Crippen LogP contribution is -2.45. The molecule has 0 saturated carbocycles. The fourth-order valence-corrected chi connectivity index (χ4v) is 1.88. The summed E-state index contributed by atoms with van der Waals surface area (Å²) in [5.41, 5.74) is 0. The van der Waals surface area contributed by atoms with Crippen LogP contribution in [0.5, 0.6) is 0 Å². The van der Waals surface area contributed by atoms with E-state index >= 15 is 0 Å². The SMILES string of the molecule is CC(C)C[N+](C)(C)CCOC(=O)C(C)C(C)C. The van der Waals surface area contributed by atoms with E-state index in [0.717, 1.165) is 17.6 Å². The minimum absolute atomic E-state index is 0.00397. The van der Waals surface area contributed by atoms with E-state index in [1.54, 1.807) is 0 Å². The van der Waals surface area contributed by atoms with Crippen LogP contribution < -0.4 is 0 Å². The molecule has 0 aliphatic heterocycles. The molecule has 0 spiro atoms. The summed E-state index contributed by atoms with van der Waals surface area (Å²) in [6, 6.07) is 0. The maximum absolute atomic E-state index is 11.7. The van der Waals surface area contributed by atoms with E-state index in [4.69, 9.17) is 4.74 Å². The minimum Gasteiger partial charge on any atom is -0.459 e.